The van der Waals surface area contributed by atoms with Gasteiger partial charge in [-0.25, -0.2) is 0 Å². The lowest BCUT2D eigenvalue weighted by atomic mass is 9.86. The van der Waals surface area contributed by atoms with Gasteiger partial charge in [0.1, 0.15) is 0 Å². The highest BCUT2D eigenvalue weighted by Gasteiger charge is 2.78. The molecule has 0 saturated carbocycles. The second-order valence-electron chi connectivity index (χ2n) is 7.60. The van der Waals surface area contributed by atoms with E-state index in [1.807, 2.05) is 0 Å². The summed E-state index contributed by atoms with van der Waals surface area (Å²) in [5.74, 6) is -12.2. The molecule has 0 bridgehead atoms. The minimum Gasteiger partial charge on any atom is -0.281 e. The summed E-state index contributed by atoms with van der Waals surface area (Å²) in [7, 11) is -6.86. The second-order valence-corrected chi connectivity index (χ2v) is 9.06. The van der Waals surface area contributed by atoms with Gasteiger partial charge in [0.15, 0.2) is 0 Å². The van der Waals surface area contributed by atoms with Gasteiger partial charge in [-0.15, -0.1) is 0 Å². The van der Waals surface area contributed by atoms with Crippen LogP contribution < -0.4 is 0 Å². The van der Waals surface area contributed by atoms with Crippen molar-refractivity contribution in [1.82, 2.24) is 0 Å². The third-order valence-electron chi connectivity index (χ3n) is 5.19. The van der Waals surface area contributed by atoms with Crippen LogP contribution in [0.1, 0.15) is 16.7 Å². The quantitative estimate of drug-likeness (QED) is 0.305. The Bertz CT molecular complexity index is 1270. The van der Waals surface area contributed by atoms with Crippen LogP contribution in [0, 0.1) is 13.8 Å². The van der Waals surface area contributed by atoms with Crippen molar-refractivity contribution in [2.75, 3.05) is 0 Å². The molecule has 0 aromatic heterocycles. The molecule has 0 amide bonds. The highest BCUT2D eigenvalue weighted by molar-refractivity contribution is 7.87. The van der Waals surface area contributed by atoms with E-state index in [0.717, 1.165) is 17.2 Å². The largest absolute Gasteiger partial charge is 0.438 e. The summed E-state index contributed by atoms with van der Waals surface area (Å²) in [6, 6.07) is 15.0. The zero-order chi connectivity index (χ0) is 24.8. The third-order valence-corrected chi connectivity index (χ3v) is 6.09. The minimum atomic E-state index is -6.86. The standard InChI is InChI=1S/C23H18F6O3S/c1-14-6-10-16(11-7-14)18-4-3-5-19(20(18)17-12-8-15(2)9-13-17)21(24,25)22(26,27)23(28,29)33(30,31)32/h3-13H,1-2H3,(H,30,31,32). The van der Waals surface area contributed by atoms with Gasteiger partial charge >= 0.3 is 27.2 Å². The zero-order valence-corrected chi connectivity index (χ0v) is 18.1. The molecule has 176 valence electrons. The Balaban J connectivity index is 2.37. The van der Waals surface area contributed by atoms with Crippen LogP contribution in [-0.2, 0) is 16.0 Å². The van der Waals surface area contributed by atoms with Crippen LogP contribution >= 0.6 is 0 Å². The van der Waals surface area contributed by atoms with Gasteiger partial charge in [-0.05, 0) is 36.1 Å². The molecule has 0 fully saturated rings. The molecule has 0 spiro atoms. The van der Waals surface area contributed by atoms with Crippen molar-refractivity contribution in [2.24, 2.45) is 0 Å². The molecule has 3 aromatic rings. The smallest absolute Gasteiger partial charge is 0.281 e. The average Bonchev–Trinajstić information content (AvgIpc) is 2.73. The number of hydrogen-bond donors (Lipinski definition) is 1. The van der Waals surface area contributed by atoms with E-state index in [4.69, 9.17) is 4.55 Å². The zero-order valence-electron chi connectivity index (χ0n) is 17.3. The molecule has 0 aliphatic carbocycles. The van der Waals surface area contributed by atoms with E-state index in [2.05, 4.69) is 0 Å². The van der Waals surface area contributed by atoms with Gasteiger partial charge in [0, 0.05) is 5.56 Å². The van der Waals surface area contributed by atoms with Crippen molar-refractivity contribution in [1.29, 1.82) is 0 Å². The number of aryl methyl sites for hydroxylation is 2. The predicted octanol–water partition coefficient (Wildman–Crippen LogP) is 6.85. The maximum Gasteiger partial charge on any atom is 0.438 e. The van der Waals surface area contributed by atoms with Crippen LogP contribution in [0.3, 0.4) is 0 Å². The molecule has 3 rings (SSSR count). The predicted molar refractivity (Wildman–Crippen MR) is 112 cm³/mol. The topological polar surface area (TPSA) is 54.4 Å². The van der Waals surface area contributed by atoms with E-state index >= 15 is 8.78 Å². The van der Waals surface area contributed by atoms with Crippen molar-refractivity contribution >= 4 is 10.1 Å². The third kappa shape index (κ3) is 4.13. The Hall–Kier alpha value is -2.85. The SMILES string of the molecule is Cc1ccc(-c2cccc(C(F)(F)C(F)(F)C(F)(F)S(=O)(=O)O)c2-c2ccc(C)cc2)cc1. The van der Waals surface area contributed by atoms with Gasteiger partial charge in [0.25, 0.3) is 0 Å². The number of alkyl halides is 6. The molecule has 10 heteroatoms. The summed E-state index contributed by atoms with van der Waals surface area (Å²) in [4.78, 5) is 0. The molecular formula is C23H18F6O3S. The van der Waals surface area contributed by atoms with E-state index in [1.165, 1.54) is 30.3 Å². The first-order chi connectivity index (χ1) is 15.1. The minimum absolute atomic E-state index is 0.0254. The first-order valence-corrected chi connectivity index (χ1v) is 10.9. The molecule has 0 saturated heterocycles. The Morgan fingerprint density at radius 1 is 0.697 bits per heavy atom. The molecule has 3 aromatic carbocycles. The molecule has 0 aliphatic rings. The first-order valence-electron chi connectivity index (χ1n) is 9.49. The lowest BCUT2D eigenvalue weighted by molar-refractivity contribution is -0.286. The molecular weight excluding hydrogens is 470 g/mol. The van der Waals surface area contributed by atoms with E-state index < -0.39 is 38.3 Å². The number of rotatable bonds is 6. The van der Waals surface area contributed by atoms with Crippen molar-refractivity contribution < 1.29 is 39.3 Å². The van der Waals surface area contributed by atoms with Gasteiger partial charge in [-0.2, -0.15) is 34.8 Å². The maximum absolute atomic E-state index is 15.1. The molecule has 3 nitrogen and oxygen atoms in total. The van der Waals surface area contributed by atoms with Crippen LogP contribution in [0.2, 0.25) is 0 Å². The van der Waals surface area contributed by atoms with Crippen molar-refractivity contribution in [2.45, 2.75) is 30.9 Å². The van der Waals surface area contributed by atoms with Crippen LogP contribution in [0.25, 0.3) is 22.3 Å². The highest BCUT2D eigenvalue weighted by atomic mass is 32.2. The molecule has 33 heavy (non-hydrogen) atoms. The monoisotopic (exact) mass is 488 g/mol. The lowest BCUT2D eigenvalue weighted by Gasteiger charge is -2.32. The van der Waals surface area contributed by atoms with Gasteiger partial charge in [-0.3, -0.25) is 4.55 Å². The fraction of sp³-hybridized carbons (Fsp3) is 0.217. The fourth-order valence-electron chi connectivity index (χ4n) is 3.33. The number of benzene rings is 3. The summed E-state index contributed by atoms with van der Waals surface area (Å²) in [5, 5.41) is -6.45. The Morgan fingerprint density at radius 2 is 1.15 bits per heavy atom. The van der Waals surface area contributed by atoms with Gasteiger partial charge in [0.05, 0.1) is 0 Å². The van der Waals surface area contributed by atoms with Crippen LogP contribution in [-0.4, -0.2) is 24.1 Å². The normalized spacial score (nSPS) is 13.2. The second kappa shape index (κ2) is 8.18. The van der Waals surface area contributed by atoms with Crippen molar-refractivity contribution in [3.05, 3.63) is 83.4 Å². The van der Waals surface area contributed by atoms with Gasteiger partial charge < -0.3 is 0 Å². The summed E-state index contributed by atoms with van der Waals surface area (Å²) in [5.41, 5.74) is -0.0208. The summed E-state index contributed by atoms with van der Waals surface area (Å²) in [6.07, 6.45) is 0. The lowest BCUT2D eigenvalue weighted by Crippen LogP contribution is -2.56. The summed E-state index contributed by atoms with van der Waals surface area (Å²) >= 11 is 0. The summed E-state index contributed by atoms with van der Waals surface area (Å²) in [6.45, 7) is 3.47. The average molecular weight is 488 g/mol. The molecule has 0 aliphatic heterocycles. The molecule has 0 unspecified atom stereocenters. The summed E-state index contributed by atoms with van der Waals surface area (Å²) < 4.78 is 117. The first kappa shape index (κ1) is 24.8. The van der Waals surface area contributed by atoms with E-state index in [-0.39, 0.29) is 11.1 Å². The van der Waals surface area contributed by atoms with Crippen molar-refractivity contribution in [3.8, 4) is 22.3 Å². The maximum atomic E-state index is 15.1. The van der Waals surface area contributed by atoms with E-state index in [9.17, 15) is 26.0 Å². The Kier molecular flexibility index (Phi) is 6.14. The molecule has 0 radical (unpaired) electrons. The van der Waals surface area contributed by atoms with Gasteiger partial charge in [0.2, 0.25) is 0 Å². The van der Waals surface area contributed by atoms with Gasteiger partial charge in [-0.1, -0.05) is 77.9 Å². The Morgan fingerprint density at radius 3 is 1.61 bits per heavy atom. The van der Waals surface area contributed by atoms with E-state index in [1.54, 1.807) is 38.1 Å². The fourth-order valence-corrected chi connectivity index (χ4v) is 3.78. The molecule has 0 heterocycles. The number of halogens is 6. The van der Waals surface area contributed by atoms with Crippen LogP contribution in [0.4, 0.5) is 26.3 Å². The van der Waals surface area contributed by atoms with Crippen LogP contribution in [0.15, 0.2) is 66.7 Å². The van der Waals surface area contributed by atoms with Crippen LogP contribution in [0.5, 0.6) is 0 Å². The highest BCUT2D eigenvalue weighted by Crippen LogP contribution is 2.55. The van der Waals surface area contributed by atoms with E-state index in [0.29, 0.717) is 11.6 Å². The number of hydrogen-bond acceptors (Lipinski definition) is 2. The molecule has 1 N–H and O–H groups in total. The molecule has 0 atom stereocenters. The Labute approximate surface area is 186 Å². The van der Waals surface area contributed by atoms with Crippen molar-refractivity contribution in [3.63, 3.8) is 0 Å².